The quantitative estimate of drug-likeness (QED) is 0.776. The van der Waals surface area contributed by atoms with Crippen LogP contribution < -0.4 is 5.32 Å². The molecule has 1 rings (SSSR count). The number of nitrogens with zero attached hydrogens (tertiary/aromatic N) is 1. The Balaban J connectivity index is 2.62. The van der Waals surface area contributed by atoms with Gasteiger partial charge < -0.3 is 0 Å². The lowest BCUT2D eigenvalue weighted by molar-refractivity contribution is -0.127. The van der Waals surface area contributed by atoms with Gasteiger partial charge in [-0.3, -0.25) is 5.32 Å². The van der Waals surface area contributed by atoms with E-state index in [0.29, 0.717) is 12.8 Å². The van der Waals surface area contributed by atoms with Crippen molar-refractivity contribution >= 4 is 0 Å². The molecule has 0 aliphatic heterocycles. The third-order valence-electron chi connectivity index (χ3n) is 2.85. The number of halogens is 3. The first kappa shape index (κ1) is 12.3. The van der Waals surface area contributed by atoms with Gasteiger partial charge in [0.25, 0.3) is 0 Å². The lowest BCUT2D eigenvalue weighted by Crippen LogP contribution is -2.46. The molecule has 5 heteroatoms. The SMILES string of the molecule is CC1(C)CCC(C#N)(NCC(F)(F)F)C1. The van der Waals surface area contributed by atoms with Crippen molar-refractivity contribution in [2.24, 2.45) is 5.41 Å². The van der Waals surface area contributed by atoms with E-state index in [2.05, 4.69) is 5.32 Å². The number of alkyl halides is 3. The van der Waals surface area contributed by atoms with E-state index in [0.717, 1.165) is 6.42 Å². The number of hydrogen-bond donors (Lipinski definition) is 1. The van der Waals surface area contributed by atoms with Gasteiger partial charge >= 0.3 is 6.18 Å². The molecule has 1 saturated carbocycles. The zero-order valence-corrected chi connectivity index (χ0v) is 8.91. The van der Waals surface area contributed by atoms with Gasteiger partial charge in [-0.1, -0.05) is 13.8 Å². The molecule has 0 amide bonds. The Hall–Kier alpha value is -0.760. The first-order chi connectivity index (χ1) is 6.68. The Morgan fingerprint density at radius 1 is 1.33 bits per heavy atom. The van der Waals surface area contributed by atoms with Crippen molar-refractivity contribution in [2.45, 2.75) is 44.8 Å². The summed E-state index contributed by atoms with van der Waals surface area (Å²) in [5.74, 6) is 0. The zero-order chi connectivity index (χ0) is 11.7. The average molecular weight is 220 g/mol. The highest BCUT2D eigenvalue weighted by molar-refractivity contribution is 5.13. The van der Waals surface area contributed by atoms with Crippen LogP contribution in [0.4, 0.5) is 13.2 Å². The summed E-state index contributed by atoms with van der Waals surface area (Å²) in [7, 11) is 0. The van der Waals surface area contributed by atoms with Crippen LogP contribution in [0.25, 0.3) is 0 Å². The fourth-order valence-corrected chi connectivity index (χ4v) is 2.10. The van der Waals surface area contributed by atoms with E-state index in [9.17, 15) is 13.2 Å². The highest BCUT2D eigenvalue weighted by atomic mass is 19.4. The minimum Gasteiger partial charge on any atom is -0.291 e. The molecule has 0 spiro atoms. The molecule has 1 aliphatic rings. The third kappa shape index (κ3) is 3.38. The molecule has 0 aromatic rings. The lowest BCUT2D eigenvalue weighted by atomic mass is 9.88. The molecule has 1 atom stereocenters. The molecular weight excluding hydrogens is 205 g/mol. The van der Waals surface area contributed by atoms with Crippen molar-refractivity contribution in [2.75, 3.05) is 6.54 Å². The summed E-state index contributed by atoms with van der Waals surface area (Å²) in [6.45, 7) is 2.86. The molecule has 0 heterocycles. The van der Waals surface area contributed by atoms with Crippen molar-refractivity contribution in [3.05, 3.63) is 0 Å². The predicted molar refractivity (Wildman–Crippen MR) is 50.0 cm³/mol. The van der Waals surface area contributed by atoms with Crippen LogP contribution in [-0.2, 0) is 0 Å². The van der Waals surface area contributed by atoms with Crippen molar-refractivity contribution < 1.29 is 13.2 Å². The Kier molecular flexibility index (Phi) is 3.01. The van der Waals surface area contributed by atoms with Crippen molar-refractivity contribution in [1.82, 2.24) is 5.32 Å². The number of nitrogens with one attached hydrogen (secondary N) is 1. The molecular formula is C10H15F3N2. The zero-order valence-electron chi connectivity index (χ0n) is 8.91. The van der Waals surface area contributed by atoms with Gasteiger partial charge in [0.15, 0.2) is 0 Å². The molecule has 0 aromatic carbocycles. The van der Waals surface area contributed by atoms with Crippen LogP contribution in [0, 0.1) is 16.7 Å². The van der Waals surface area contributed by atoms with Gasteiger partial charge in [-0.2, -0.15) is 18.4 Å². The van der Waals surface area contributed by atoms with Gasteiger partial charge in [-0.25, -0.2) is 0 Å². The minimum absolute atomic E-state index is 0.0473. The Morgan fingerprint density at radius 3 is 2.27 bits per heavy atom. The summed E-state index contributed by atoms with van der Waals surface area (Å²) in [6, 6.07) is 1.99. The molecule has 0 radical (unpaired) electrons. The van der Waals surface area contributed by atoms with Gasteiger partial charge in [0.05, 0.1) is 12.6 Å². The van der Waals surface area contributed by atoms with Crippen molar-refractivity contribution in [1.29, 1.82) is 5.26 Å². The lowest BCUT2D eigenvalue weighted by Gasteiger charge is -2.25. The van der Waals surface area contributed by atoms with Gasteiger partial charge in [0, 0.05) is 0 Å². The summed E-state index contributed by atoms with van der Waals surface area (Å²) in [5, 5.41) is 11.3. The van der Waals surface area contributed by atoms with E-state index in [1.807, 2.05) is 19.9 Å². The van der Waals surface area contributed by atoms with Crippen LogP contribution >= 0.6 is 0 Å². The molecule has 1 fully saturated rings. The van der Waals surface area contributed by atoms with Crippen LogP contribution in [0.15, 0.2) is 0 Å². The van der Waals surface area contributed by atoms with Crippen LogP contribution in [0.2, 0.25) is 0 Å². The molecule has 1 N–H and O–H groups in total. The first-order valence-electron chi connectivity index (χ1n) is 4.91. The first-order valence-corrected chi connectivity index (χ1v) is 4.91. The van der Waals surface area contributed by atoms with Crippen LogP contribution in [-0.4, -0.2) is 18.3 Å². The van der Waals surface area contributed by atoms with Crippen molar-refractivity contribution in [3.8, 4) is 6.07 Å². The standard InChI is InChI=1S/C10H15F3N2/c1-8(2)3-4-9(5-8,6-14)15-7-10(11,12)13/h15H,3-5,7H2,1-2H3. The van der Waals surface area contributed by atoms with Gasteiger partial charge in [0.2, 0.25) is 0 Å². The maximum atomic E-state index is 12.0. The summed E-state index contributed by atoms with van der Waals surface area (Å²) in [4.78, 5) is 0. The largest absolute Gasteiger partial charge is 0.401 e. The third-order valence-corrected chi connectivity index (χ3v) is 2.85. The Labute approximate surface area is 87.5 Å². The maximum Gasteiger partial charge on any atom is 0.401 e. The molecule has 0 saturated heterocycles. The number of hydrogen-bond acceptors (Lipinski definition) is 2. The fraction of sp³-hybridized carbons (Fsp3) is 0.900. The van der Waals surface area contributed by atoms with E-state index in [4.69, 9.17) is 5.26 Å². The van der Waals surface area contributed by atoms with Gasteiger partial charge in [0.1, 0.15) is 5.54 Å². The van der Waals surface area contributed by atoms with Gasteiger partial charge in [-0.05, 0) is 24.7 Å². The highest BCUT2D eigenvalue weighted by Crippen LogP contribution is 2.43. The predicted octanol–water partition coefficient (Wildman–Crippen LogP) is 2.61. The molecule has 0 bridgehead atoms. The molecule has 1 aliphatic carbocycles. The second kappa shape index (κ2) is 3.67. The monoisotopic (exact) mass is 220 g/mol. The van der Waals surface area contributed by atoms with E-state index in [1.165, 1.54) is 0 Å². The number of rotatable bonds is 2. The van der Waals surface area contributed by atoms with Gasteiger partial charge in [-0.15, -0.1) is 0 Å². The van der Waals surface area contributed by atoms with Crippen molar-refractivity contribution in [3.63, 3.8) is 0 Å². The number of nitriles is 1. The minimum atomic E-state index is -4.25. The summed E-state index contributed by atoms with van der Waals surface area (Å²) < 4.78 is 36.1. The second-order valence-corrected chi connectivity index (χ2v) is 5.00. The smallest absolute Gasteiger partial charge is 0.291 e. The van der Waals surface area contributed by atoms with E-state index < -0.39 is 18.3 Å². The topological polar surface area (TPSA) is 35.8 Å². The Morgan fingerprint density at radius 2 is 1.93 bits per heavy atom. The normalized spacial score (nSPS) is 30.1. The molecule has 1 unspecified atom stereocenters. The van der Waals surface area contributed by atoms with Crippen LogP contribution in [0.3, 0.4) is 0 Å². The van der Waals surface area contributed by atoms with E-state index >= 15 is 0 Å². The summed E-state index contributed by atoms with van der Waals surface area (Å²) >= 11 is 0. The Bertz CT molecular complexity index is 277. The second-order valence-electron chi connectivity index (χ2n) is 5.00. The van der Waals surface area contributed by atoms with E-state index in [-0.39, 0.29) is 5.41 Å². The summed E-state index contributed by atoms with van der Waals surface area (Å²) in [6.07, 6.45) is -2.50. The molecule has 86 valence electrons. The average Bonchev–Trinajstić information content (AvgIpc) is 2.39. The van der Waals surface area contributed by atoms with Crippen LogP contribution in [0.1, 0.15) is 33.1 Å². The fourth-order valence-electron chi connectivity index (χ4n) is 2.10. The molecule has 2 nitrogen and oxygen atoms in total. The van der Waals surface area contributed by atoms with E-state index in [1.54, 1.807) is 0 Å². The van der Waals surface area contributed by atoms with Crippen LogP contribution in [0.5, 0.6) is 0 Å². The highest BCUT2D eigenvalue weighted by Gasteiger charge is 2.45. The molecule has 15 heavy (non-hydrogen) atoms. The molecule has 0 aromatic heterocycles. The summed E-state index contributed by atoms with van der Waals surface area (Å²) in [5.41, 5.74) is -1.03. The maximum absolute atomic E-state index is 12.0.